The smallest absolute Gasteiger partial charge is 0.238 e. The van der Waals surface area contributed by atoms with E-state index < -0.39 is 10.0 Å². The van der Waals surface area contributed by atoms with Crippen molar-refractivity contribution < 1.29 is 13.2 Å². The fourth-order valence-corrected chi connectivity index (χ4v) is 4.82. The number of aryl methyl sites for hydroxylation is 1. The van der Waals surface area contributed by atoms with Crippen LogP contribution < -0.4 is 5.32 Å². The van der Waals surface area contributed by atoms with Crippen LogP contribution in [0.5, 0.6) is 0 Å². The van der Waals surface area contributed by atoms with Crippen LogP contribution in [0.2, 0.25) is 0 Å². The van der Waals surface area contributed by atoms with Crippen LogP contribution in [0.25, 0.3) is 0 Å². The van der Waals surface area contributed by atoms with E-state index in [1.165, 1.54) is 4.31 Å². The lowest BCUT2D eigenvalue weighted by atomic mass is 10.2. The summed E-state index contributed by atoms with van der Waals surface area (Å²) >= 11 is 0. The molecule has 2 aliphatic rings. The summed E-state index contributed by atoms with van der Waals surface area (Å²) in [6.45, 7) is 3.70. The van der Waals surface area contributed by atoms with Crippen molar-refractivity contribution in [1.82, 2.24) is 14.2 Å². The Kier molecular flexibility index (Phi) is 5.05. The molecule has 1 atom stereocenters. The molecule has 3 rings (SSSR count). The molecule has 3 heterocycles. The molecule has 0 saturated carbocycles. The standard InChI is InChI=1S/C16H24N4O3S/c1-13-5-2-7-15(18-13)17-11-14-6-3-9-20(14)16(21)12-19-8-4-10-24(19,22)23/h2,5,7,14H,3-4,6,8-12H2,1H3,(H,17,18). The number of nitrogens with zero attached hydrogens (tertiary/aromatic N) is 3. The lowest BCUT2D eigenvalue weighted by Gasteiger charge is -2.27. The molecule has 0 aliphatic carbocycles. The third-order valence-corrected chi connectivity index (χ3v) is 6.52. The Morgan fingerprint density at radius 3 is 2.88 bits per heavy atom. The van der Waals surface area contributed by atoms with Gasteiger partial charge in [0.25, 0.3) is 0 Å². The summed E-state index contributed by atoms with van der Waals surface area (Å²) in [6, 6.07) is 5.88. The zero-order valence-corrected chi connectivity index (χ0v) is 14.8. The van der Waals surface area contributed by atoms with Crippen LogP contribution in [0, 0.1) is 6.92 Å². The summed E-state index contributed by atoms with van der Waals surface area (Å²) < 4.78 is 25.1. The fraction of sp³-hybridized carbons (Fsp3) is 0.625. The predicted octanol–water partition coefficient (Wildman–Crippen LogP) is 0.828. The lowest BCUT2D eigenvalue weighted by Crippen LogP contribution is -2.45. The van der Waals surface area contributed by atoms with E-state index in [1.807, 2.05) is 30.0 Å². The van der Waals surface area contributed by atoms with Gasteiger partial charge in [-0.15, -0.1) is 0 Å². The number of carbonyl (C=O) groups is 1. The molecule has 2 saturated heterocycles. The van der Waals surface area contributed by atoms with E-state index in [9.17, 15) is 13.2 Å². The number of nitrogens with one attached hydrogen (secondary N) is 1. The topological polar surface area (TPSA) is 82.6 Å². The van der Waals surface area contributed by atoms with E-state index in [0.717, 1.165) is 24.4 Å². The molecule has 0 aromatic carbocycles. The molecule has 0 spiro atoms. The molecule has 2 aliphatic heterocycles. The Balaban J connectivity index is 1.57. The maximum Gasteiger partial charge on any atom is 0.238 e. The van der Waals surface area contributed by atoms with Gasteiger partial charge in [0.1, 0.15) is 5.82 Å². The number of likely N-dealkylation sites (tertiary alicyclic amines) is 1. The van der Waals surface area contributed by atoms with Crippen LogP contribution >= 0.6 is 0 Å². The largest absolute Gasteiger partial charge is 0.368 e. The molecule has 132 valence electrons. The number of hydrogen-bond acceptors (Lipinski definition) is 5. The second-order valence-electron chi connectivity index (χ2n) is 6.43. The zero-order chi connectivity index (χ0) is 17.2. The van der Waals surface area contributed by atoms with Gasteiger partial charge >= 0.3 is 0 Å². The van der Waals surface area contributed by atoms with Gasteiger partial charge in [0.15, 0.2) is 0 Å². The van der Waals surface area contributed by atoms with Crippen LogP contribution in [0.3, 0.4) is 0 Å². The second-order valence-corrected chi connectivity index (χ2v) is 8.52. The van der Waals surface area contributed by atoms with Crippen LogP contribution in [-0.4, -0.2) is 66.5 Å². The number of sulfonamides is 1. The van der Waals surface area contributed by atoms with Crippen molar-refractivity contribution in [2.75, 3.05) is 37.2 Å². The van der Waals surface area contributed by atoms with E-state index in [4.69, 9.17) is 0 Å². The van der Waals surface area contributed by atoms with Crippen LogP contribution in [0.4, 0.5) is 5.82 Å². The minimum Gasteiger partial charge on any atom is -0.368 e. The van der Waals surface area contributed by atoms with Crippen molar-refractivity contribution in [2.24, 2.45) is 0 Å². The molecule has 8 heteroatoms. The summed E-state index contributed by atoms with van der Waals surface area (Å²) in [5, 5.41) is 3.29. The van der Waals surface area contributed by atoms with Crippen LogP contribution in [-0.2, 0) is 14.8 Å². The first kappa shape index (κ1) is 17.2. The third-order valence-electron chi connectivity index (χ3n) is 4.62. The average molecular weight is 352 g/mol. The molecule has 1 amide bonds. The second kappa shape index (κ2) is 7.06. The average Bonchev–Trinajstić information content (AvgIpc) is 3.12. The molecule has 7 nitrogen and oxygen atoms in total. The molecule has 1 aromatic rings. The van der Waals surface area contributed by atoms with Crippen LogP contribution in [0.1, 0.15) is 25.0 Å². The van der Waals surface area contributed by atoms with E-state index in [2.05, 4.69) is 10.3 Å². The van der Waals surface area contributed by atoms with Gasteiger partial charge in [-0.25, -0.2) is 13.4 Å². The molecule has 1 unspecified atom stereocenters. The first-order valence-corrected chi connectivity index (χ1v) is 10.0. The van der Waals surface area contributed by atoms with Gasteiger partial charge in [0.2, 0.25) is 15.9 Å². The van der Waals surface area contributed by atoms with Gasteiger partial charge in [-0.1, -0.05) is 6.07 Å². The summed E-state index contributed by atoms with van der Waals surface area (Å²) in [5.41, 5.74) is 0.943. The van der Waals surface area contributed by atoms with Crippen molar-refractivity contribution in [3.05, 3.63) is 23.9 Å². The highest BCUT2D eigenvalue weighted by Crippen LogP contribution is 2.20. The van der Waals surface area contributed by atoms with Crippen molar-refractivity contribution in [3.8, 4) is 0 Å². The van der Waals surface area contributed by atoms with Gasteiger partial charge in [-0.2, -0.15) is 4.31 Å². The van der Waals surface area contributed by atoms with E-state index in [0.29, 0.717) is 26.1 Å². The predicted molar refractivity (Wildman–Crippen MR) is 92.2 cm³/mol. The van der Waals surface area contributed by atoms with E-state index >= 15 is 0 Å². The van der Waals surface area contributed by atoms with Crippen LogP contribution in [0.15, 0.2) is 18.2 Å². The highest BCUT2D eigenvalue weighted by Gasteiger charge is 2.34. The Labute approximate surface area is 143 Å². The molecular formula is C16H24N4O3S. The van der Waals surface area contributed by atoms with Gasteiger partial charge in [0, 0.05) is 31.4 Å². The number of pyridine rings is 1. The van der Waals surface area contributed by atoms with Gasteiger partial charge in [0.05, 0.1) is 12.3 Å². The SMILES string of the molecule is Cc1cccc(NCC2CCCN2C(=O)CN2CCCS2(=O)=O)n1. The number of anilines is 1. The molecule has 1 N–H and O–H groups in total. The Bertz CT molecular complexity index is 707. The summed E-state index contributed by atoms with van der Waals surface area (Å²) in [7, 11) is -3.23. The normalized spacial score (nSPS) is 23.5. The van der Waals surface area contributed by atoms with Crippen molar-refractivity contribution >= 4 is 21.7 Å². The number of rotatable bonds is 5. The molecular weight excluding hydrogens is 328 g/mol. The number of hydrogen-bond donors (Lipinski definition) is 1. The first-order chi connectivity index (χ1) is 11.5. The Morgan fingerprint density at radius 2 is 2.17 bits per heavy atom. The maximum absolute atomic E-state index is 12.5. The molecule has 0 radical (unpaired) electrons. The Hall–Kier alpha value is -1.67. The maximum atomic E-state index is 12.5. The summed E-state index contributed by atoms with van der Waals surface area (Å²) in [6.07, 6.45) is 2.49. The van der Waals surface area contributed by atoms with Crippen molar-refractivity contribution in [2.45, 2.75) is 32.2 Å². The van der Waals surface area contributed by atoms with E-state index in [-0.39, 0.29) is 24.2 Å². The zero-order valence-electron chi connectivity index (χ0n) is 13.9. The third kappa shape index (κ3) is 3.87. The minimum absolute atomic E-state index is 0.0263. The summed E-state index contributed by atoms with van der Waals surface area (Å²) in [5.74, 6) is 0.864. The quantitative estimate of drug-likeness (QED) is 0.849. The minimum atomic E-state index is -3.23. The van der Waals surface area contributed by atoms with Gasteiger partial charge in [-0.05, 0) is 38.3 Å². The molecule has 1 aromatic heterocycles. The number of carbonyl (C=O) groups excluding carboxylic acids is 1. The molecule has 2 fully saturated rings. The monoisotopic (exact) mass is 352 g/mol. The number of amides is 1. The lowest BCUT2D eigenvalue weighted by molar-refractivity contribution is -0.131. The van der Waals surface area contributed by atoms with Crippen molar-refractivity contribution in [3.63, 3.8) is 0 Å². The van der Waals surface area contributed by atoms with Gasteiger partial charge < -0.3 is 10.2 Å². The fourth-order valence-electron chi connectivity index (χ4n) is 3.35. The van der Waals surface area contributed by atoms with Gasteiger partial charge in [-0.3, -0.25) is 4.79 Å². The summed E-state index contributed by atoms with van der Waals surface area (Å²) in [4.78, 5) is 18.8. The highest BCUT2D eigenvalue weighted by molar-refractivity contribution is 7.89. The highest BCUT2D eigenvalue weighted by atomic mass is 32.2. The first-order valence-electron chi connectivity index (χ1n) is 8.40. The number of aromatic nitrogens is 1. The van der Waals surface area contributed by atoms with Crippen molar-refractivity contribution in [1.29, 1.82) is 0 Å². The Morgan fingerprint density at radius 1 is 1.33 bits per heavy atom. The van der Waals surface area contributed by atoms with E-state index in [1.54, 1.807) is 0 Å². The molecule has 24 heavy (non-hydrogen) atoms. The molecule has 0 bridgehead atoms.